The first-order valence-corrected chi connectivity index (χ1v) is 4.80. The van der Waals surface area contributed by atoms with Crippen LogP contribution >= 0.6 is 0 Å². The fourth-order valence-corrected chi connectivity index (χ4v) is 0.666. The molecule has 0 aliphatic rings. The van der Waals surface area contributed by atoms with Gasteiger partial charge in [-0.3, -0.25) is 4.79 Å². The summed E-state index contributed by atoms with van der Waals surface area (Å²) in [6.07, 6.45) is 0.912. The molecule has 2 heteroatoms. The van der Waals surface area contributed by atoms with E-state index >= 15 is 0 Å². The van der Waals surface area contributed by atoms with Crippen LogP contribution in [0.15, 0.2) is 0 Å². The lowest BCUT2D eigenvalue weighted by molar-refractivity contribution is -0.153. The normalized spacial score (nSPS) is 12.8. The van der Waals surface area contributed by atoms with Crippen LogP contribution in [-0.2, 0) is 9.53 Å². The summed E-state index contributed by atoms with van der Waals surface area (Å²) in [6.45, 7) is 12.5. The standard InChI is InChI=1S/C11H22O2/c1-10(2,3)7-8-13-9(12)11(4,5)6/h7-8H2,1-6H3. The van der Waals surface area contributed by atoms with Crippen molar-refractivity contribution in [3.8, 4) is 0 Å². The minimum Gasteiger partial charge on any atom is -0.465 e. The Morgan fingerprint density at radius 3 is 1.85 bits per heavy atom. The van der Waals surface area contributed by atoms with Crippen molar-refractivity contribution in [2.45, 2.75) is 48.0 Å². The molecule has 0 amide bonds. The van der Waals surface area contributed by atoms with Crippen LogP contribution in [0.5, 0.6) is 0 Å². The molecular formula is C11H22O2. The first-order valence-electron chi connectivity index (χ1n) is 4.80. The van der Waals surface area contributed by atoms with E-state index in [1.165, 1.54) is 0 Å². The number of carbonyl (C=O) groups excluding carboxylic acids is 1. The molecule has 0 aromatic carbocycles. The number of esters is 1. The molecule has 0 aliphatic heterocycles. The maximum Gasteiger partial charge on any atom is 0.311 e. The van der Waals surface area contributed by atoms with Gasteiger partial charge in [0.2, 0.25) is 0 Å². The summed E-state index contributed by atoms with van der Waals surface area (Å²) in [6, 6.07) is 0. The van der Waals surface area contributed by atoms with E-state index < -0.39 is 0 Å². The van der Waals surface area contributed by atoms with Gasteiger partial charge in [0.15, 0.2) is 0 Å². The summed E-state index contributed by atoms with van der Waals surface area (Å²) in [7, 11) is 0. The molecule has 0 atom stereocenters. The minimum absolute atomic E-state index is 0.114. The Hall–Kier alpha value is -0.530. The van der Waals surface area contributed by atoms with E-state index in [4.69, 9.17) is 4.74 Å². The fraction of sp³-hybridized carbons (Fsp3) is 0.909. The van der Waals surface area contributed by atoms with Gasteiger partial charge in [-0.1, -0.05) is 20.8 Å². The van der Waals surface area contributed by atoms with Gasteiger partial charge in [0.25, 0.3) is 0 Å². The quantitative estimate of drug-likeness (QED) is 0.620. The van der Waals surface area contributed by atoms with E-state index in [1.807, 2.05) is 20.8 Å². The van der Waals surface area contributed by atoms with Crippen LogP contribution in [-0.4, -0.2) is 12.6 Å². The molecule has 2 nitrogen and oxygen atoms in total. The molecule has 0 radical (unpaired) electrons. The number of rotatable bonds is 2. The van der Waals surface area contributed by atoms with Crippen molar-refractivity contribution >= 4 is 5.97 Å². The zero-order valence-corrected chi connectivity index (χ0v) is 9.73. The van der Waals surface area contributed by atoms with Gasteiger partial charge >= 0.3 is 5.97 Å². The van der Waals surface area contributed by atoms with Gasteiger partial charge in [0.1, 0.15) is 0 Å². The zero-order valence-electron chi connectivity index (χ0n) is 9.73. The number of hydrogen-bond acceptors (Lipinski definition) is 2. The molecule has 0 unspecified atom stereocenters. The Balaban J connectivity index is 3.74. The molecule has 0 fully saturated rings. The molecule has 0 spiro atoms. The average molecular weight is 186 g/mol. The summed E-state index contributed by atoms with van der Waals surface area (Å²) in [5.74, 6) is -0.114. The van der Waals surface area contributed by atoms with E-state index in [9.17, 15) is 4.79 Å². The SMILES string of the molecule is CC(C)(C)CCOC(=O)C(C)(C)C. The molecule has 0 saturated carbocycles. The van der Waals surface area contributed by atoms with Crippen molar-refractivity contribution in [2.75, 3.05) is 6.61 Å². The van der Waals surface area contributed by atoms with Crippen LogP contribution in [0.25, 0.3) is 0 Å². The number of hydrogen-bond donors (Lipinski definition) is 0. The molecule has 0 aliphatic carbocycles. The lowest BCUT2D eigenvalue weighted by Gasteiger charge is -2.20. The molecule has 0 rings (SSSR count). The molecule has 78 valence electrons. The Morgan fingerprint density at radius 1 is 1.08 bits per heavy atom. The van der Waals surface area contributed by atoms with Crippen molar-refractivity contribution in [2.24, 2.45) is 10.8 Å². The van der Waals surface area contributed by atoms with Crippen LogP contribution in [0.3, 0.4) is 0 Å². The lowest BCUT2D eigenvalue weighted by Crippen LogP contribution is -2.24. The van der Waals surface area contributed by atoms with Gasteiger partial charge in [0, 0.05) is 0 Å². The molecule has 0 heterocycles. The van der Waals surface area contributed by atoms with Crippen LogP contribution in [0.1, 0.15) is 48.0 Å². The van der Waals surface area contributed by atoms with Crippen molar-refractivity contribution in [1.29, 1.82) is 0 Å². The zero-order chi connectivity index (χ0) is 10.7. The van der Waals surface area contributed by atoms with Crippen LogP contribution in [0.4, 0.5) is 0 Å². The summed E-state index contributed by atoms with van der Waals surface area (Å²) < 4.78 is 5.14. The first kappa shape index (κ1) is 12.5. The summed E-state index contributed by atoms with van der Waals surface area (Å²) in [5, 5.41) is 0. The van der Waals surface area contributed by atoms with Gasteiger partial charge < -0.3 is 4.74 Å². The van der Waals surface area contributed by atoms with Crippen LogP contribution < -0.4 is 0 Å². The Morgan fingerprint density at radius 2 is 1.54 bits per heavy atom. The summed E-state index contributed by atoms with van der Waals surface area (Å²) in [5.41, 5.74) is -0.143. The van der Waals surface area contributed by atoms with E-state index in [-0.39, 0.29) is 16.8 Å². The highest BCUT2D eigenvalue weighted by Crippen LogP contribution is 2.20. The molecule has 0 aromatic rings. The number of ether oxygens (including phenoxy) is 1. The van der Waals surface area contributed by atoms with Gasteiger partial charge in [-0.15, -0.1) is 0 Å². The molecule has 0 aromatic heterocycles. The molecule has 0 saturated heterocycles. The summed E-state index contributed by atoms with van der Waals surface area (Å²) >= 11 is 0. The molecule has 0 N–H and O–H groups in total. The van der Waals surface area contributed by atoms with Crippen LogP contribution in [0.2, 0.25) is 0 Å². The maximum atomic E-state index is 11.3. The van der Waals surface area contributed by atoms with Crippen molar-refractivity contribution in [3.63, 3.8) is 0 Å². The average Bonchev–Trinajstić information content (AvgIpc) is 1.82. The smallest absolute Gasteiger partial charge is 0.311 e. The van der Waals surface area contributed by atoms with E-state index in [2.05, 4.69) is 20.8 Å². The van der Waals surface area contributed by atoms with Gasteiger partial charge in [0.05, 0.1) is 12.0 Å². The third-order valence-electron chi connectivity index (χ3n) is 1.70. The third kappa shape index (κ3) is 6.62. The van der Waals surface area contributed by atoms with Gasteiger partial charge in [-0.05, 0) is 32.6 Å². The minimum atomic E-state index is -0.377. The Kier molecular flexibility index (Phi) is 3.95. The largest absolute Gasteiger partial charge is 0.465 e. The van der Waals surface area contributed by atoms with E-state index in [0.717, 1.165) is 6.42 Å². The highest BCUT2D eigenvalue weighted by molar-refractivity contribution is 5.75. The predicted molar refractivity (Wildman–Crippen MR) is 54.5 cm³/mol. The summed E-state index contributed by atoms with van der Waals surface area (Å²) in [4.78, 5) is 11.3. The second kappa shape index (κ2) is 4.12. The highest BCUT2D eigenvalue weighted by atomic mass is 16.5. The van der Waals surface area contributed by atoms with Crippen LogP contribution in [0, 0.1) is 10.8 Å². The topological polar surface area (TPSA) is 26.3 Å². The molecular weight excluding hydrogens is 164 g/mol. The lowest BCUT2D eigenvalue weighted by atomic mass is 9.93. The molecule has 0 bridgehead atoms. The first-order chi connectivity index (χ1) is 5.63. The highest BCUT2D eigenvalue weighted by Gasteiger charge is 2.23. The van der Waals surface area contributed by atoms with Crippen molar-refractivity contribution in [1.82, 2.24) is 0 Å². The Bertz CT molecular complexity index is 170. The van der Waals surface area contributed by atoms with Crippen molar-refractivity contribution < 1.29 is 9.53 Å². The van der Waals surface area contributed by atoms with Gasteiger partial charge in [-0.25, -0.2) is 0 Å². The van der Waals surface area contributed by atoms with E-state index in [0.29, 0.717) is 6.61 Å². The fourth-order valence-electron chi connectivity index (χ4n) is 0.666. The Labute approximate surface area is 81.7 Å². The third-order valence-corrected chi connectivity index (χ3v) is 1.70. The second-order valence-electron chi connectivity index (χ2n) is 5.70. The maximum absolute atomic E-state index is 11.3. The second-order valence-corrected chi connectivity index (χ2v) is 5.70. The van der Waals surface area contributed by atoms with E-state index in [1.54, 1.807) is 0 Å². The van der Waals surface area contributed by atoms with Gasteiger partial charge in [-0.2, -0.15) is 0 Å². The molecule has 13 heavy (non-hydrogen) atoms. The monoisotopic (exact) mass is 186 g/mol. The van der Waals surface area contributed by atoms with Crippen molar-refractivity contribution in [3.05, 3.63) is 0 Å². The predicted octanol–water partition coefficient (Wildman–Crippen LogP) is 3.01. The number of carbonyl (C=O) groups is 1.